The fourth-order valence-electron chi connectivity index (χ4n) is 2.56. The average molecular weight is 273 g/mol. The maximum absolute atomic E-state index is 12.1. The molecule has 0 bridgehead atoms. The second-order valence-corrected chi connectivity index (χ2v) is 5.02. The van der Waals surface area contributed by atoms with Gasteiger partial charge in [0.15, 0.2) is 5.78 Å². The van der Waals surface area contributed by atoms with Gasteiger partial charge in [0.05, 0.1) is 4.92 Å². The molecule has 0 saturated carbocycles. The minimum atomic E-state index is -0.498. The Morgan fingerprint density at radius 3 is 2.60 bits per heavy atom. The number of carbonyl (C=O) groups is 2. The van der Waals surface area contributed by atoms with Gasteiger partial charge >= 0.3 is 0 Å². The van der Waals surface area contributed by atoms with Crippen LogP contribution in [0.5, 0.6) is 0 Å². The lowest BCUT2D eigenvalue weighted by Crippen LogP contribution is -2.09. The SMILES string of the molecule is CC1=C(C=O)[C@@H](CC(=O)c2ccc([N+](=O)[O-])cc2)CC1. The van der Waals surface area contributed by atoms with Gasteiger partial charge in [0.2, 0.25) is 0 Å². The van der Waals surface area contributed by atoms with E-state index in [1.54, 1.807) is 0 Å². The lowest BCUT2D eigenvalue weighted by Gasteiger charge is -2.10. The summed E-state index contributed by atoms with van der Waals surface area (Å²) in [5.74, 6) is -0.103. The highest BCUT2D eigenvalue weighted by Crippen LogP contribution is 2.33. The summed E-state index contributed by atoms with van der Waals surface area (Å²) in [7, 11) is 0. The maximum Gasteiger partial charge on any atom is 0.269 e. The Morgan fingerprint density at radius 1 is 1.40 bits per heavy atom. The van der Waals surface area contributed by atoms with Crippen molar-refractivity contribution in [2.24, 2.45) is 5.92 Å². The highest BCUT2D eigenvalue weighted by Gasteiger charge is 2.25. The summed E-state index contributed by atoms with van der Waals surface area (Å²) >= 11 is 0. The van der Waals surface area contributed by atoms with E-state index in [0.29, 0.717) is 5.56 Å². The van der Waals surface area contributed by atoms with E-state index in [2.05, 4.69) is 0 Å². The zero-order valence-electron chi connectivity index (χ0n) is 11.2. The number of ketones is 1. The number of rotatable bonds is 5. The molecule has 0 fully saturated rings. The summed E-state index contributed by atoms with van der Waals surface area (Å²) < 4.78 is 0. The monoisotopic (exact) mass is 273 g/mol. The number of allylic oxidation sites excluding steroid dienone is 2. The number of Topliss-reactive ketones (excluding diaryl/α,β-unsaturated/α-hetero) is 1. The van der Waals surface area contributed by atoms with E-state index >= 15 is 0 Å². The maximum atomic E-state index is 12.1. The fourth-order valence-corrected chi connectivity index (χ4v) is 2.56. The second-order valence-electron chi connectivity index (χ2n) is 5.02. The highest BCUT2D eigenvalue weighted by molar-refractivity contribution is 5.97. The quantitative estimate of drug-likeness (QED) is 0.357. The molecule has 5 heteroatoms. The van der Waals surface area contributed by atoms with Crippen molar-refractivity contribution in [1.29, 1.82) is 0 Å². The Kier molecular flexibility index (Phi) is 4.08. The van der Waals surface area contributed by atoms with Gasteiger partial charge in [-0.25, -0.2) is 0 Å². The van der Waals surface area contributed by atoms with E-state index in [1.807, 2.05) is 6.92 Å². The predicted molar refractivity (Wildman–Crippen MR) is 73.5 cm³/mol. The molecule has 1 atom stereocenters. The molecule has 104 valence electrons. The Balaban J connectivity index is 2.09. The van der Waals surface area contributed by atoms with Crippen LogP contribution < -0.4 is 0 Å². The van der Waals surface area contributed by atoms with Crippen LogP contribution in [0.25, 0.3) is 0 Å². The number of non-ortho nitro benzene ring substituents is 1. The molecule has 0 heterocycles. The molecule has 0 spiro atoms. The first-order valence-corrected chi connectivity index (χ1v) is 6.45. The Morgan fingerprint density at radius 2 is 2.05 bits per heavy atom. The average Bonchev–Trinajstić information content (AvgIpc) is 2.79. The van der Waals surface area contributed by atoms with Crippen LogP contribution in [0.1, 0.15) is 36.5 Å². The van der Waals surface area contributed by atoms with Crippen LogP contribution in [0.4, 0.5) is 5.69 Å². The van der Waals surface area contributed by atoms with Gasteiger partial charge in [0.25, 0.3) is 5.69 Å². The Bertz CT molecular complexity index is 586. The van der Waals surface area contributed by atoms with Crippen LogP contribution in [0.2, 0.25) is 0 Å². The first-order valence-electron chi connectivity index (χ1n) is 6.45. The van der Waals surface area contributed by atoms with E-state index in [-0.39, 0.29) is 23.8 Å². The molecule has 2 rings (SSSR count). The van der Waals surface area contributed by atoms with E-state index < -0.39 is 4.92 Å². The summed E-state index contributed by atoms with van der Waals surface area (Å²) in [5, 5.41) is 10.6. The number of hydrogen-bond donors (Lipinski definition) is 0. The van der Waals surface area contributed by atoms with Crippen molar-refractivity contribution in [3.8, 4) is 0 Å². The van der Waals surface area contributed by atoms with Gasteiger partial charge < -0.3 is 0 Å². The number of carbonyl (C=O) groups excluding carboxylic acids is 2. The van der Waals surface area contributed by atoms with Crippen LogP contribution in [0.15, 0.2) is 35.4 Å². The molecule has 0 radical (unpaired) electrons. The molecular weight excluding hydrogens is 258 g/mol. The molecule has 0 aromatic heterocycles. The van der Waals surface area contributed by atoms with Gasteiger partial charge in [-0.1, -0.05) is 5.57 Å². The molecule has 0 N–H and O–H groups in total. The Labute approximate surface area is 116 Å². The largest absolute Gasteiger partial charge is 0.298 e. The first kappa shape index (κ1) is 14.1. The molecule has 1 aromatic carbocycles. The third-order valence-electron chi connectivity index (χ3n) is 3.76. The summed E-state index contributed by atoms with van der Waals surface area (Å²) in [5.41, 5.74) is 2.21. The van der Waals surface area contributed by atoms with E-state index in [0.717, 1.165) is 30.3 Å². The molecule has 1 aliphatic carbocycles. The van der Waals surface area contributed by atoms with Crippen LogP contribution in [0.3, 0.4) is 0 Å². The minimum Gasteiger partial charge on any atom is -0.298 e. The first-order chi connectivity index (χ1) is 9.52. The number of nitro benzene ring substituents is 1. The second kappa shape index (κ2) is 5.77. The number of nitrogens with zero attached hydrogens (tertiary/aromatic N) is 1. The number of nitro groups is 1. The standard InChI is InChI=1S/C15H15NO4/c1-10-2-3-12(14(10)9-17)8-15(18)11-4-6-13(7-5-11)16(19)20/h4-7,9,12H,2-3,8H2,1H3/t12-/m1/s1. The number of hydrogen-bond acceptors (Lipinski definition) is 4. The fraction of sp³-hybridized carbons (Fsp3) is 0.333. The third-order valence-corrected chi connectivity index (χ3v) is 3.76. The van der Waals surface area contributed by atoms with E-state index in [4.69, 9.17) is 0 Å². The predicted octanol–water partition coefficient (Wildman–Crippen LogP) is 3.09. The lowest BCUT2D eigenvalue weighted by atomic mass is 9.93. The number of aldehydes is 1. The van der Waals surface area contributed by atoms with Gasteiger partial charge in [-0.2, -0.15) is 0 Å². The van der Waals surface area contributed by atoms with Gasteiger partial charge in [0, 0.05) is 24.1 Å². The van der Waals surface area contributed by atoms with Gasteiger partial charge in [-0.3, -0.25) is 19.7 Å². The van der Waals surface area contributed by atoms with E-state index in [1.165, 1.54) is 24.3 Å². The smallest absolute Gasteiger partial charge is 0.269 e. The molecule has 1 aliphatic rings. The van der Waals surface area contributed by atoms with Crippen molar-refractivity contribution in [3.63, 3.8) is 0 Å². The van der Waals surface area contributed by atoms with Crippen LogP contribution in [-0.4, -0.2) is 17.0 Å². The van der Waals surface area contributed by atoms with E-state index in [9.17, 15) is 19.7 Å². The molecule has 0 aliphatic heterocycles. The summed E-state index contributed by atoms with van der Waals surface area (Å²) in [6.07, 6.45) is 2.80. The summed E-state index contributed by atoms with van der Waals surface area (Å²) in [6, 6.07) is 5.58. The molecule has 1 aromatic rings. The summed E-state index contributed by atoms with van der Waals surface area (Å²) in [4.78, 5) is 33.2. The Hall–Kier alpha value is -2.30. The molecule has 0 saturated heterocycles. The summed E-state index contributed by atoms with van der Waals surface area (Å²) in [6.45, 7) is 1.92. The van der Waals surface area contributed by atoms with Crippen molar-refractivity contribution in [2.75, 3.05) is 0 Å². The van der Waals surface area contributed by atoms with Crippen molar-refractivity contribution in [1.82, 2.24) is 0 Å². The van der Waals surface area contributed by atoms with Crippen molar-refractivity contribution in [2.45, 2.75) is 26.2 Å². The topological polar surface area (TPSA) is 77.3 Å². The molecular formula is C15H15NO4. The van der Waals surface area contributed by atoms with Gasteiger partial charge in [-0.15, -0.1) is 0 Å². The molecule has 20 heavy (non-hydrogen) atoms. The zero-order valence-corrected chi connectivity index (χ0v) is 11.2. The lowest BCUT2D eigenvalue weighted by molar-refractivity contribution is -0.384. The molecule has 0 unspecified atom stereocenters. The zero-order chi connectivity index (χ0) is 14.7. The van der Waals surface area contributed by atoms with Gasteiger partial charge in [-0.05, 0) is 43.4 Å². The van der Waals surface area contributed by atoms with Gasteiger partial charge in [0.1, 0.15) is 6.29 Å². The van der Waals surface area contributed by atoms with Crippen molar-refractivity contribution < 1.29 is 14.5 Å². The number of benzene rings is 1. The van der Waals surface area contributed by atoms with Crippen molar-refractivity contribution in [3.05, 3.63) is 51.1 Å². The minimum absolute atomic E-state index is 0.0183. The highest BCUT2D eigenvalue weighted by atomic mass is 16.6. The molecule has 5 nitrogen and oxygen atoms in total. The van der Waals surface area contributed by atoms with Crippen LogP contribution in [-0.2, 0) is 4.79 Å². The van der Waals surface area contributed by atoms with Crippen molar-refractivity contribution >= 4 is 17.8 Å². The third kappa shape index (κ3) is 2.82. The van der Waals surface area contributed by atoms with Crippen LogP contribution in [0, 0.1) is 16.0 Å². The normalized spacial score (nSPS) is 18.1. The van der Waals surface area contributed by atoms with Crippen LogP contribution >= 0.6 is 0 Å². The molecule has 0 amide bonds.